The standard InChI is InChI=1S/C18H27IN2O2/c1-12-8-9-14(10-15(12)19)21-16-7-5-6-13(16)11-20-17(22)23-18(2,3)4/h8-10,13,16,21H,5-7,11H2,1-4H3,(H,20,22). The maximum atomic E-state index is 11.8. The fraction of sp³-hybridized carbons (Fsp3) is 0.611. The zero-order valence-corrected chi connectivity index (χ0v) is 16.6. The molecule has 1 aliphatic rings. The highest BCUT2D eigenvalue weighted by molar-refractivity contribution is 14.1. The first-order chi connectivity index (χ1) is 10.7. The van der Waals surface area contributed by atoms with E-state index in [0.717, 1.165) is 18.5 Å². The van der Waals surface area contributed by atoms with Gasteiger partial charge in [-0.1, -0.05) is 12.5 Å². The first-order valence-electron chi connectivity index (χ1n) is 8.24. The number of amides is 1. The summed E-state index contributed by atoms with van der Waals surface area (Å²) in [7, 11) is 0. The maximum Gasteiger partial charge on any atom is 0.407 e. The average Bonchev–Trinajstić information content (AvgIpc) is 2.86. The third-order valence-electron chi connectivity index (χ3n) is 4.09. The van der Waals surface area contributed by atoms with E-state index in [-0.39, 0.29) is 6.09 Å². The lowest BCUT2D eigenvalue weighted by molar-refractivity contribution is 0.0519. The Morgan fingerprint density at radius 3 is 2.74 bits per heavy atom. The van der Waals surface area contributed by atoms with Crippen molar-refractivity contribution in [2.24, 2.45) is 5.92 Å². The molecule has 1 fully saturated rings. The van der Waals surface area contributed by atoms with Crippen molar-refractivity contribution in [2.75, 3.05) is 11.9 Å². The van der Waals surface area contributed by atoms with Crippen LogP contribution in [0.4, 0.5) is 10.5 Å². The SMILES string of the molecule is Cc1ccc(NC2CCCC2CNC(=O)OC(C)(C)C)cc1I. The quantitative estimate of drug-likeness (QED) is 0.681. The third kappa shape index (κ3) is 5.86. The van der Waals surface area contributed by atoms with E-state index in [1.165, 1.54) is 15.6 Å². The Morgan fingerprint density at radius 2 is 2.09 bits per heavy atom. The van der Waals surface area contributed by atoms with Gasteiger partial charge >= 0.3 is 6.09 Å². The monoisotopic (exact) mass is 430 g/mol. The molecule has 0 heterocycles. The summed E-state index contributed by atoms with van der Waals surface area (Å²) in [6.45, 7) is 8.42. The number of hydrogen-bond acceptors (Lipinski definition) is 3. The van der Waals surface area contributed by atoms with E-state index in [1.807, 2.05) is 20.8 Å². The van der Waals surface area contributed by atoms with Crippen LogP contribution in [0.3, 0.4) is 0 Å². The molecule has 0 bridgehead atoms. The number of carbonyl (C=O) groups is 1. The van der Waals surface area contributed by atoms with E-state index >= 15 is 0 Å². The second-order valence-electron chi connectivity index (χ2n) is 7.29. The van der Waals surface area contributed by atoms with Crippen molar-refractivity contribution in [3.05, 3.63) is 27.3 Å². The number of rotatable bonds is 4. The lowest BCUT2D eigenvalue weighted by atomic mass is 10.0. The molecule has 4 nitrogen and oxygen atoms in total. The summed E-state index contributed by atoms with van der Waals surface area (Å²) in [5.74, 6) is 0.446. The Hall–Kier alpha value is -0.980. The van der Waals surface area contributed by atoms with Crippen LogP contribution in [-0.2, 0) is 4.74 Å². The molecule has 23 heavy (non-hydrogen) atoms. The molecule has 0 radical (unpaired) electrons. The van der Waals surface area contributed by atoms with Crippen molar-refractivity contribution >= 4 is 34.4 Å². The van der Waals surface area contributed by atoms with Crippen LogP contribution in [0.2, 0.25) is 0 Å². The van der Waals surface area contributed by atoms with Crippen molar-refractivity contribution in [3.63, 3.8) is 0 Å². The molecule has 1 aromatic rings. The summed E-state index contributed by atoms with van der Waals surface area (Å²) in [4.78, 5) is 11.8. The van der Waals surface area contributed by atoms with Gasteiger partial charge in [-0.25, -0.2) is 4.79 Å². The van der Waals surface area contributed by atoms with Crippen LogP contribution in [0.15, 0.2) is 18.2 Å². The Labute approximate surface area is 152 Å². The van der Waals surface area contributed by atoms with Crippen LogP contribution in [-0.4, -0.2) is 24.3 Å². The van der Waals surface area contributed by atoms with E-state index < -0.39 is 5.60 Å². The van der Waals surface area contributed by atoms with Gasteiger partial charge in [0.25, 0.3) is 0 Å². The molecular formula is C18H27IN2O2. The first-order valence-corrected chi connectivity index (χ1v) is 9.32. The molecule has 0 aliphatic heterocycles. The summed E-state index contributed by atoms with van der Waals surface area (Å²) < 4.78 is 6.58. The van der Waals surface area contributed by atoms with Gasteiger partial charge in [0.05, 0.1) is 0 Å². The van der Waals surface area contributed by atoms with Crippen LogP contribution >= 0.6 is 22.6 Å². The van der Waals surface area contributed by atoms with Gasteiger partial charge in [0, 0.05) is 21.8 Å². The van der Waals surface area contributed by atoms with Gasteiger partial charge in [-0.05, 0) is 86.7 Å². The number of halogens is 1. The van der Waals surface area contributed by atoms with Crippen LogP contribution in [0.5, 0.6) is 0 Å². The Bertz CT molecular complexity index is 554. The van der Waals surface area contributed by atoms with Gasteiger partial charge in [0.1, 0.15) is 5.60 Å². The summed E-state index contributed by atoms with van der Waals surface area (Å²) in [6, 6.07) is 6.87. The minimum atomic E-state index is -0.448. The van der Waals surface area contributed by atoms with E-state index in [0.29, 0.717) is 18.5 Å². The molecule has 0 saturated heterocycles. The molecule has 2 atom stereocenters. The van der Waals surface area contributed by atoms with E-state index in [4.69, 9.17) is 4.74 Å². The number of nitrogens with one attached hydrogen (secondary N) is 2. The van der Waals surface area contributed by atoms with Crippen molar-refractivity contribution in [3.8, 4) is 0 Å². The van der Waals surface area contributed by atoms with Gasteiger partial charge in [-0.2, -0.15) is 0 Å². The Morgan fingerprint density at radius 1 is 1.35 bits per heavy atom. The second-order valence-corrected chi connectivity index (χ2v) is 8.45. The number of ether oxygens (including phenoxy) is 1. The van der Waals surface area contributed by atoms with Crippen molar-refractivity contribution in [1.29, 1.82) is 0 Å². The summed E-state index contributed by atoms with van der Waals surface area (Å²) >= 11 is 2.37. The van der Waals surface area contributed by atoms with Crippen LogP contribution in [0.25, 0.3) is 0 Å². The molecule has 1 aromatic carbocycles. The molecule has 1 saturated carbocycles. The van der Waals surface area contributed by atoms with Crippen LogP contribution in [0, 0.1) is 16.4 Å². The van der Waals surface area contributed by atoms with E-state index in [1.54, 1.807) is 0 Å². The summed E-state index contributed by atoms with van der Waals surface area (Å²) in [6.07, 6.45) is 3.15. The van der Waals surface area contributed by atoms with E-state index in [2.05, 4.69) is 58.3 Å². The van der Waals surface area contributed by atoms with Gasteiger partial charge in [0.2, 0.25) is 0 Å². The average molecular weight is 430 g/mol. The number of carbonyl (C=O) groups excluding carboxylic acids is 1. The fourth-order valence-corrected chi connectivity index (χ4v) is 3.41. The highest BCUT2D eigenvalue weighted by Crippen LogP contribution is 2.29. The highest BCUT2D eigenvalue weighted by atomic mass is 127. The molecule has 1 aliphatic carbocycles. The number of benzene rings is 1. The van der Waals surface area contributed by atoms with Gasteiger partial charge in [-0.3, -0.25) is 0 Å². The molecule has 2 unspecified atom stereocenters. The van der Waals surface area contributed by atoms with E-state index in [9.17, 15) is 4.79 Å². The van der Waals surface area contributed by atoms with Gasteiger partial charge in [0.15, 0.2) is 0 Å². The largest absolute Gasteiger partial charge is 0.444 e. The number of hydrogen-bond donors (Lipinski definition) is 2. The summed E-state index contributed by atoms with van der Waals surface area (Å²) in [5, 5.41) is 6.55. The van der Waals surface area contributed by atoms with Crippen molar-refractivity contribution in [2.45, 2.75) is 58.6 Å². The second kappa shape index (κ2) is 7.73. The van der Waals surface area contributed by atoms with Crippen LogP contribution < -0.4 is 10.6 Å². The molecular weight excluding hydrogens is 403 g/mol. The molecule has 2 rings (SSSR count). The molecule has 128 valence electrons. The Kier molecular flexibility index (Phi) is 6.17. The normalized spacial score (nSPS) is 21.1. The number of alkyl carbamates (subject to hydrolysis) is 1. The maximum absolute atomic E-state index is 11.8. The summed E-state index contributed by atoms with van der Waals surface area (Å²) in [5.41, 5.74) is 2.01. The zero-order chi connectivity index (χ0) is 17.0. The minimum Gasteiger partial charge on any atom is -0.444 e. The zero-order valence-electron chi connectivity index (χ0n) is 14.4. The number of aryl methyl sites for hydroxylation is 1. The minimum absolute atomic E-state index is 0.326. The molecule has 5 heteroatoms. The smallest absolute Gasteiger partial charge is 0.407 e. The van der Waals surface area contributed by atoms with Gasteiger partial charge < -0.3 is 15.4 Å². The topological polar surface area (TPSA) is 50.4 Å². The predicted octanol–water partition coefficient (Wildman–Crippen LogP) is 4.70. The van der Waals surface area contributed by atoms with Gasteiger partial charge in [-0.15, -0.1) is 0 Å². The lowest BCUT2D eigenvalue weighted by Gasteiger charge is -2.24. The number of anilines is 1. The Balaban J connectivity index is 1.87. The fourth-order valence-electron chi connectivity index (χ4n) is 2.90. The molecule has 1 amide bonds. The predicted molar refractivity (Wildman–Crippen MR) is 103 cm³/mol. The highest BCUT2D eigenvalue weighted by Gasteiger charge is 2.28. The molecule has 0 spiro atoms. The third-order valence-corrected chi connectivity index (χ3v) is 5.25. The van der Waals surface area contributed by atoms with Crippen molar-refractivity contribution in [1.82, 2.24) is 5.32 Å². The lowest BCUT2D eigenvalue weighted by Crippen LogP contribution is -2.38. The molecule has 2 N–H and O–H groups in total. The van der Waals surface area contributed by atoms with Crippen molar-refractivity contribution < 1.29 is 9.53 Å². The first kappa shape index (κ1) is 18.4. The molecule has 0 aromatic heterocycles. The van der Waals surface area contributed by atoms with Crippen LogP contribution in [0.1, 0.15) is 45.6 Å².